The van der Waals surface area contributed by atoms with Crippen molar-refractivity contribution >= 4 is 43.5 Å². The lowest BCUT2D eigenvalue weighted by molar-refractivity contribution is 0.406. The van der Waals surface area contributed by atoms with E-state index in [1.165, 1.54) is 5.56 Å². The second-order valence-corrected chi connectivity index (χ2v) is 7.24. The summed E-state index contributed by atoms with van der Waals surface area (Å²) in [7, 11) is 1.71. The second-order valence-electron chi connectivity index (χ2n) is 5.06. The minimum atomic E-state index is 0.0300. The average Bonchev–Trinajstić information content (AvgIpc) is 2.44. The molecule has 21 heavy (non-hydrogen) atoms. The van der Waals surface area contributed by atoms with Crippen molar-refractivity contribution in [2.75, 3.05) is 7.11 Å². The summed E-state index contributed by atoms with van der Waals surface area (Å²) in [4.78, 5) is 0.0300. The molecule has 0 spiro atoms. The highest BCUT2D eigenvalue weighted by molar-refractivity contribution is 9.10. The number of methoxy groups -OCH3 is 1. The van der Waals surface area contributed by atoms with Gasteiger partial charge in [-0.25, -0.2) is 0 Å². The zero-order valence-corrected chi connectivity index (χ0v) is 16.4. The fraction of sp³-hybridized carbons (Fsp3) is 0.294. The summed E-state index contributed by atoms with van der Waals surface area (Å²) in [5.74, 6) is 0.914. The minimum Gasteiger partial charge on any atom is -0.496 e. The molecule has 0 saturated carbocycles. The van der Waals surface area contributed by atoms with Crippen molar-refractivity contribution in [3.05, 3.63) is 61.6 Å². The van der Waals surface area contributed by atoms with Crippen LogP contribution in [0.4, 0.5) is 0 Å². The molecule has 0 fully saturated rings. The van der Waals surface area contributed by atoms with Crippen molar-refractivity contribution in [1.29, 1.82) is 0 Å². The van der Waals surface area contributed by atoms with E-state index < -0.39 is 0 Å². The maximum absolute atomic E-state index is 6.26. The topological polar surface area (TPSA) is 9.23 Å². The molecule has 4 heteroatoms. The molecule has 2 aromatic rings. The Kier molecular flexibility index (Phi) is 5.39. The number of halogens is 3. The molecule has 0 bridgehead atoms. The first-order valence-corrected chi connectivity index (χ1v) is 8.69. The molecule has 0 radical (unpaired) electrons. The summed E-state index contributed by atoms with van der Waals surface area (Å²) in [5, 5.41) is 0.778. The number of hydrogen-bond donors (Lipinski definition) is 0. The third-order valence-corrected chi connectivity index (χ3v) is 5.93. The van der Waals surface area contributed by atoms with Crippen LogP contribution in [-0.2, 0) is 0 Å². The zero-order valence-electron chi connectivity index (χ0n) is 12.4. The average molecular weight is 433 g/mol. The second kappa shape index (κ2) is 6.72. The van der Waals surface area contributed by atoms with E-state index in [0.29, 0.717) is 0 Å². The van der Waals surface area contributed by atoms with Crippen LogP contribution in [0, 0.1) is 20.8 Å². The van der Waals surface area contributed by atoms with Crippen LogP contribution < -0.4 is 4.74 Å². The van der Waals surface area contributed by atoms with E-state index in [2.05, 4.69) is 57.8 Å². The van der Waals surface area contributed by atoms with Crippen LogP contribution in [0.15, 0.2) is 28.7 Å². The normalized spacial score (nSPS) is 12.3. The number of hydrogen-bond acceptors (Lipinski definition) is 1. The number of alkyl halides is 1. The monoisotopic (exact) mass is 430 g/mol. The summed E-state index contributed by atoms with van der Waals surface area (Å²) in [6, 6.07) is 8.07. The first kappa shape index (κ1) is 16.9. The third-order valence-electron chi connectivity index (χ3n) is 3.75. The maximum Gasteiger partial charge on any atom is 0.126 e. The van der Waals surface area contributed by atoms with Crippen molar-refractivity contribution in [3.63, 3.8) is 0 Å². The quantitative estimate of drug-likeness (QED) is 0.502. The molecular formula is C17H17Br2ClO. The van der Waals surface area contributed by atoms with Gasteiger partial charge >= 0.3 is 0 Å². The molecule has 1 unspecified atom stereocenters. The fourth-order valence-electron chi connectivity index (χ4n) is 2.51. The van der Waals surface area contributed by atoms with Gasteiger partial charge in [0.25, 0.3) is 0 Å². The molecule has 0 aromatic heterocycles. The third kappa shape index (κ3) is 3.15. The molecule has 0 aliphatic rings. The fourth-order valence-corrected chi connectivity index (χ4v) is 4.29. The summed E-state index contributed by atoms with van der Waals surface area (Å²) in [6.45, 7) is 6.19. The smallest absolute Gasteiger partial charge is 0.126 e. The standard InChI is InChI=1S/C17H17Br2ClO/c1-9-8-13(18)11(3)15(17(9)21-4)16(19)12-6-5-7-14(20)10(12)2/h5-8,16H,1-4H3. The molecule has 0 aliphatic heterocycles. The van der Waals surface area contributed by atoms with Crippen LogP contribution in [-0.4, -0.2) is 7.11 Å². The molecule has 0 heterocycles. The summed E-state index contributed by atoms with van der Waals surface area (Å²) in [6.07, 6.45) is 0. The maximum atomic E-state index is 6.26. The van der Waals surface area contributed by atoms with E-state index in [4.69, 9.17) is 16.3 Å². The van der Waals surface area contributed by atoms with E-state index in [1.54, 1.807) is 7.11 Å². The van der Waals surface area contributed by atoms with E-state index >= 15 is 0 Å². The molecule has 0 saturated heterocycles. The Morgan fingerprint density at radius 3 is 2.43 bits per heavy atom. The van der Waals surface area contributed by atoms with Crippen LogP contribution in [0.25, 0.3) is 0 Å². The Balaban J connectivity index is 2.68. The van der Waals surface area contributed by atoms with Gasteiger partial charge in [0.1, 0.15) is 5.75 Å². The summed E-state index contributed by atoms with van der Waals surface area (Å²) >= 11 is 13.7. The van der Waals surface area contributed by atoms with Gasteiger partial charge in [-0.1, -0.05) is 55.6 Å². The Morgan fingerprint density at radius 2 is 1.81 bits per heavy atom. The number of ether oxygens (including phenoxy) is 1. The van der Waals surface area contributed by atoms with Gasteiger partial charge in [0.2, 0.25) is 0 Å². The Bertz CT molecular complexity index is 683. The molecule has 0 amide bonds. The molecule has 2 aromatic carbocycles. The highest BCUT2D eigenvalue weighted by Crippen LogP contribution is 2.44. The van der Waals surface area contributed by atoms with Crippen molar-refractivity contribution in [2.24, 2.45) is 0 Å². The summed E-state index contributed by atoms with van der Waals surface area (Å²) < 4.78 is 6.72. The Hall–Kier alpha value is -0.510. The van der Waals surface area contributed by atoms with Gasteiger partial charge in [-0.15, -0.1) is 0 Å². The lowest BCUT2D eigenvalue weighted by Gasteiger charge is -2.22. The highest BCUT2D eigenvalue weighted by Gasteiger charge is 2.23. The number of aryl methyl sites for hydroxylation is 1. The molecular weight excluding hydrogens is 415 g/mol. The number of benzene rings is 2. The Morgan fingerprint density at radius 1 is 1.14 bits per heavy atom. The van der Waals surface area contributed by atoms with Gasteiger partial charge in [-0.05, 0) is 55.2 Å². The van der Waals surface area contributed by atoms with E-state index in [-0.39, 0.29) is 4.83 Å². The van der Waals surface area contributed by atoms with Crippen LogP contribution in [0.1, 0.15) is 32.6 Å². The predicted octanol–water partition coefficient (Wildman–Crippen LogP) is 6.52. The lowest BCUT2D eigenvalue weighted by atomic mass is 9.94. The largest absolute Gasteiger partial charge is 0.496 e. The lowest BCUT2D eigenvalue weighted by Crippen LogP contribution is -2.04. The predicted molar refractivity (Wildman–Crippen MR) is 97.1 cm³/mol. The molecule has 2 rings (SSSR count). The SMILES string of the molecule is COc1c(C)cc(Br)c(C)c1C(Br)c1cccc(Cl)c1C. The van der Waals surface area contributed by atoms with Crippen molar-refractivity contribution in [1.82, 2.24) is 0 Å². The van der Waals surface area contributed by atoms with Gasteiger partial charge < -0.3 is 4.74 Å². The zero-order chi connectivity index (χ0) is 15.7. The van der Waals surface area contributed by atoms with Gasteiger partial charge in [0, 0.05) is 15.1 Å². The van der Waals surface area contributed by atoms with Gasteiger partial charge in [-0.2, -0.15) is 0 Å². The van der Waals surface area contributed by atoms with Crippen LogP contribution >= 0.6 is 43.5 Å². The van der Waals surface area contributed by atoms with Crippen molar-refractivity contribution < 1.29 is 4.74 Å². The van der Waals surface area contributed by atoms with Crippen LogP contribution in [0.3, 0.4) is 0 Å². The molecule has 0 N–H and O–H groups in total. The first-order chi connectivity index (χ1) is 9.88. The van der Waals surface area contributed by atoms with Gasteiger partial charge in [0.05, 0.1) is 11.9 Å². The molecule has 0 aliphatic carbocycles. The molecule has 1 atom stereocenters. The Labute approximate surface area is 147 Å². The van der Waals surface area contributed by atoms with Crippen molar-refractivity contribution in [3.8, 4) is 5.75 Å². The van der Waals surface area contributed by atoms with E-state index in [1.807, 2.05) is 19.1 Å². The van der Waals surface area contributed by atoms with E-state index in [9.17, 15) is 0 Å². The summed E-state index contributed by atoms with van der Waals surface area (Å²) in [5.41, 5.74) is 5.64. The minimum absolute atomic E-state index is 0.0300. The first-order valence-electron chi connectivity index (χ1n) is 6.61. The van der Waals surface area contributed by atoms with Crippen molar-refractivity contribution in [2.45, 2.75) is 25.6 Å². The van der Waals surface area contributed by atoms with E-state index in [0.717, 1.165) is 37.5 Å². The highest BCUT2D eigenvalue weighted by atomic mass is 79.9. The van der Waals surface area contributed by atoms with Crippen LogP contribution in [0.2, 0.25) is 5.02 Å². The van der Waals surface area contributed by atoms with Gasteiger partial charge in [-0.3, -0.25) is 0 Å². The molecule has 112 valence electrons. The number of rotatable bonds is 3. The van der Waals surface area contributed by atoms with Crippen LogP contribution in [0.5, 0.6) is 5.75 Å². The van der Waals surface area contributed by atoms with Gasteiger partial charge in [0.15, 0.2) is 0 Å². The molecule has 1 nitrogen and oxygen atoms in total.